The molecule has 1 aromatic heterocycles. The Hall–Kier alpha value is -4.51. The van der Waals surface area contributed by atoms with E-state index in [1.807, 2.05) is 6.07 Å². The van der Waals surface area contributed by atoms with Gasteiger partial charge in [-0.05, 0) is 35.9 Å². The van der Waals surface area contributed by atoms with Gasteiger partial charge in [-0.3, -0.25) is 14.9 Å². The molecular formula is C23H13FN2O5. The second-order valence-electron chi connectivity index (χ2n) is 6.61. The fraction of sp³-hybridized carbons (Fsp3) is 0.0435. The van der Waals surface area contributed by atoms with Crippen molar-refractivity contribution in [2.75, 3.05) is 0 Å². The molecule has 31 heavy (non-hydrogen) atoms. The Morgan fingerprint density at radius 1 is 1.10 bits per heavy atom. The third-order valence-corrected chi connectivity index (χ3v) is 4.61. The zero-order valence-electron chi connectivity index (χ0n) is 15.9. The van der Waals surface area contributed by atoms with Crippen molar-refractivity contribution >= 4 is 16.7 Å². The van der Waals surface area contributed by atoms with Gasteiger partial charge >= 0.3 is 5.69 Å². The molecule has 0 fully saturated rings. The van der Waals surface area contributed by atoms with Crippen LogP contribution in [0.1, 0.15) is 11.1 Å². The predicted octanol–water partition coefficient (Wildman–Crippen LogP) is 4.96. The van der Waals surface area contributed by atoms with Gasteiger partial charge in [-0.1, -0.05) is 30.3 Å². The highest BCUT2D eigenvalue weighted by atomic mass is 19.1. The summed E-state index contributed by atoms with van der Waals surface area (Å²) < 4.78 is 25.8. The second-order valence-corrected chi connectivity index (χ2v) is 6.61. The molecule has 0 aliphatic heterocycles. The van der Waals surface area contributed by atoms with Crippen molar-refractivity contribution in [3.05, 3.63) is 104 Å². The first-order valence-corrected chi connectivity index (χ1v) is 9.10. The lowest BCUT2D eigenvalue weighted by molar-refractivity contribution is -0.384. The largest absolute Gasteiger partial charge is 0.480 e. The van der Waals surface area contributed by atoms with E-state index in [1.54, 1.807) is 42.5 Å². The highest BCUT2D eigenvalue weighted by Gasteiger charge is 2.29. The van der Waals surface area contributed by atoms with E-state index in [0.717, 1.165) is 12.1 Å². The van der Waals surface area contributed by atoms with Crippen LogP contribution in [0.15, 0.2) is 75.9 Å². The quantitative estimate of drug-likeness (QED) is 0.336. The first-order valence-electron chi connectivity index (χ1n) is 9.10. The van der Waals surface area contributed by atoms with Crippen molar-refractivity contribution < 1.29 is 18.5 Å². The molecular weight excluding hydrogens is 403 g/mol. The van der Waals surface area contributed by atoms with Crippen molar-refractivity contribution in [2.45, 2.75) is 6.61 Å². The smallest absolute Gasteiger partial charge is 0.356 e. The van der Waals surface area contributed by atoms with Crippen molar-refractivity contribution in [1.82, 2.24) is 0 Å². The van der Waals surface area contributed by atoms with Crippen molar-refractivity contribution in [3.63, 3.8) is 0 Å². The monoisotopic (exact) mass is 416 g/mol. The minimum atomic E-state index is -1.03. The van der Waals surface area contributed by atoms with Gasteiger partial charge in [0.15, 0.2) is 11.2 Å². The van der Waals surface area contributed by atoms with Gasteiger partial charge in [-0.2, -0.15) is 5.26 Å². The fourth-order valence-electron chi connectivity index (χ4n) is 3.11. The van der Waals surface area contributed by atoms with Crippen LogP contribution in [0.25, 0.3) is 22.3 Å². The number of nitro benzene ring substituents is 1. The Morgan fingerprint density at radius 3 is 2.45 bits per heavy atom. The predicted molar refractivity (Wildman–Crippen MR) is 110 cm³/mol. The maximum Gasteiger partial charge on any atom is 0.356 e. The minimum Gasteiger partial charge on any atom is -0.480 e. The topological polar surface area (TPSA) is 106 Å². The van der Waals surface area contributed by atoms with Crippen LogP contribution in [-0.4, -0.2) is 4.92 Å². The van der Waals surface area contributed by atoms with E-state index in [-0.39, 0.29) is 23.3 Å². The number of benzene rings is 3. The van der Waals surface area contributed by atoms with E-state index in [1.165, 1.54) is 12.1 Å². The number of fused-ring (bicyclic) bond motifs is 1. The Labute approximate surface area is 174 Å². The van der Waals surface area contributed by atoms with E-state index in [9.17, 15) is 19.3 Å². The molecule has 0 aliphatic carbocycles. The first-order chi connectivity index (χ1) is 15.0. The molecule has 0 unspecified atom stereocenters. The number of nitro groups is 1. The molecule has 0 radical (unpaired) electrons. The van der Waals surface area contributed by atoms with Gasteiger partial charge in [0.05, 0.1) is 21.9 Å². The van der Waals surface area contributed by atoms with Crippen LogP contribution in [0.2, 0.25) is 0 Å². The number of hydrogen-bond acceptors (Lipinski definition) is 6. The molecule has 0 atom stereocenters. The van der Waals surface area contributed by atoms with Gasteiger partial charge in [0, 0.05) is 11.6 Å². The third-order valence-electron chi connectivity index (χ3n) is 4.61. The maximum absolute atomic E-state index is 14.7. The fourth-order valence-corrected chi connectivity index (χ4v) is 3.11. The molecule has 0 amide bonds. The second kappa shape index (κ2) is 8.08. The summed E-state index contributed by atoms with van der Waals surface area (Å²) in [6.45, 7) is -0.107. The minimum absolute atomic E-state index is 0.0470. The zero-order chi connectivity index (χ0) is 22.0. The molecule has 4 rings (SSSR count). The maximum atomic E-state index is 14.7. The van der Waals surface area contributed by atoms with E-state index in [0.29, 0.717) is 16.7 Å². The van der Waals surface area contributed by atoms with Crippen LogP contribution < -0.4 is 10.2 Å². The number of rotatable bonds is 5. The number of halogens is 1. The highest BCUT2D eigenvalue weighted by molar-refractivity contribution is 5.89. The number of nitriles is 1. The van der Waals surface area contributed by atoms with Crippen LogP contribution in [0.5, 0.6) is 5.75 Å². The average Bonchev–Trinajstić information content (AvgIpc) is 2.78. The van der Waals surface area contributed by atoms with Gasteiger partial charge in [-0.15, -0.1) is 0 Å². The van der Waals surface area contributed by atoms with E-state index in [2.05, 4.69) is 0 Å². The van der Waals surface area contributed by atoms with Gasteiger partial charge in [-0.25, -0.2) is 4.39 Å². The van der Waals surface area contributed by atoms with Crippen molar-refractivity contribution in [1.29, 1.82) is 5.26 Å². The average molecular weight is 416 g/mol. The zero-order valence-corrected chi connectivity index (χ0v) is 15.9. The highest BCUT2D eigenvalue weighted by Crippen LogP contribution is 2.38. The molecule has 8 heteroatoms. The molecule has 152 valence electrons. The van der Waals surface area contributed by atoms with Crippen LogP contribution in [0, 0.1) is 27.3 Å². The molecule has 4 aromatic rings. The van der Waals surface area contributed by atoms with Gasteiger partial charge in [0.25, 0.3) is 0 Å². The summed E-state index contributed by atoms with van der Waals surface area (Å²) in [6, 6.07) is 18.9. The van der Waals surface area contributed by atoms with Crippen LogP contribution >= 0.6 is 0 Å². The molecule has 0 saturated heterocycles. The van der Waals surface area contributed by atoms with Crippen LogP contribution in [0.3, 0.4) is 0 Å². The molecule has 0 N–H and O–H groups in total. The summed E-state index contributed by atoms with van der Waals surface area (Å²) in [5.41, 5.74) is -0.277. The van der Waals surface area contributed by atoms with Crippen molar-refractivity contribution in [2.24, 2.45) is 0 Å². The van der Waals surface area contributed by atoms with Crippen LogP contribution in [-0.2, 0) is 6.61 Å². The lowest BCUT2D eigenvalue weighted by atomic mass is 10.1. The Kier molecular flexibility index (Phi) is 5.16. The summed E-state index contributed by atoms with van der Waals surface area (Å²) >= 11 is 0. The number of nitrogens with zero attached hydrogens (tertiary/aromatic N) is 2. The Morgan fingerprint density at radius 2 is 1.81 bits per heavy atom. The van der Waals surface area contributed by atoms with Gasteiger partial charge in [0.1, 0.15) is 12.4 Å². The summed E-state index contributed by atoms with van der Waals surface area (Å²) in [6.07, 6.45) is 0. The lowest BCUT2D eigenvalue weighted by Gasteiger charge is -2.10. The van der Waals surface area contributed by atoms with E-state index < -0.39 is 27.6 Å². The third kappa shape index (κ3) is 3.84. The lowest BCUT2D eigenvalue weighted by Crippen LogP contribution is -2.07. The van der Waals surface area contributed by atoms with Crippen LogP contribution in [0.4, 0.5) is 10.1 Å². The molecule has 0 bridgehead atoms. The summed E-state index contributed by atoms with van der Waals surface area (Å²) in [5.74, 6) is -1.60. The number of ether oxygens (including phenoxy) is 1. The number of hydrogen-bond donors (Lipinski definition) is 0. The summed E-state index contributed by atoms with van der Waals surface area (Å²) in [4.78, 5) is 23.5. The molecule has 1 heterocycles. The van der Waals surface area contributed by atoms with E-state index >= 15 is 0 Å². The SMILES string of the molecule is N#Cc1ccc(-c2cc(=O)c3cc(F)c(OCc4ccccc4)c([N+](=O)[O-])c3o2)cc1. The first kappa shape index (κ1) is 19.8. The van der Waals surface area contributed by atoms with Crippen molar-refractivity contribution in [3.8, 4) is 23.1 Å². The Balaban J connectivity index is 1.87. The van der Waals surface area contributed by atoms with Gasteiger partial charge < -0.3 is 9.15 Å². The van der Waals surface area contributed by atoms with E-state index in [4.69, 9.17) is 14.4 Å². The summed E-state index contributed by atoms with van der Waals surface area (Å²) in [7, 11) is 0. The molecule has 3 aromatic carbocycles. The summed E-state index contributed by atoms with van der Waals surface area (Å²) in [5, 5.41) is 20.5. The molecule has 7 nitrogen and oxygen atoms in total. The molecule has 0 aliphatic rings. The van der Waals surface area contributed by atoms with Gasteiger partial charge in [0.2, 0.25) is 11.3 Å². The normalized spacial score (nSPS) is 10.6. The molecule has 0 saturated carbocycles. The molecule has 0 spiro atoms. The Bertz CT molecular complexity index is 1390. The standard InChI is InChI=1S/C23H13FN2O5/c24-18-10-17-19(27)11-20(16-8-6-14(12-25)7-9-16)31-22(17)21(26(28)29)23(18)30-13-15-4-2-1-3-5-15/h1-11H,13H2.